The van der Waals surface area contributed by atoms with Crippen LogP contribution in [0.4, 0.5) is 9.59 Å². The largest absolute Gasteiger partial charge is 0.514 e. The van der Waals surface area contributed by atoms with Crippen molar-refractivity contribution in [3.63, 3.8) is 0 Å². The van der Waals surface area contributed by atoms with Crippen LogP contribution in [0, 0.1) is 18.8 Å². The summed E-state index contributed by atoms with van der Waals surface area (Å²) in [5.41, 5.74) is -1.46. The number of hydrogen-bond donors (Lipinski definition) is 1. The van der Waals surface area contributed by atoms with E-state index < -0.39 is 260 Å². The first-order valence-electron chi connectivity index (χ1n) is 53.4. The lowest BCUT2D eigenvalue weighted by molar-refractivity contribution is -0.137. The van der Waals surface area contributed by atoms with E-state index in [4.69, 9.17) is 49.7 Å². The summed E-state index contributed by atoms with van der Waals surface area (Å²) in [4.78, 5) is 148. The second kappa shape index (κ2) is 44.7. The van der Waals surface area contributed by atoms with Crippen molar-refractivity contribution in [3.8, 4) is 23.0 Å². The number of hydrogen-bond acceptors (Lipinski definition) is 21. The van der Waals surface area contributed by atoms with E-state index in [9.17, 15) is 57.8 Å². The normalized spacial score (nSPS) is 17.7. The fraction of sp³-hybridized carbons (Fsp3) is 0.336. The van der Waals surface area contributed by atoms with Gasteiger partial charge >= 0.3 is 18.3 Å². The molecule has 0 bridgehead atoms. The van der Waals surface area contributed by atoms with E-state index >= 15 is 0 Å². The van der Waals surface area contributed by atoms with E-state index in [-0.39, 0.29) is 109 Å². The molecule has 708 valence electrons. The molecule has 5 atom stereocenters. The lowest BCUT2D eigenvalue weighted by atomic mass is 9.83. The first-order valence-corrected chi connectivity index (χ1v) is 43.9. The van der Waals surface area contributed by atoms with Gasteiger partial charge in [-0.15, -0.1) is 0 Å². The van der Waals surface area contributed by atoms with E-state index in [1.165, 1.54) is 35.3 Å². The third-order valence-corrected chi connectivity index (χ3v) is 22.7. The monoisotopic (exact) mass is 1860 g/mol. The molecule has 29 heteroatoms. The minimum atomic E-state index is -1.56. The summed E-state index contributed by atoms with van der Waals surface area (Å²) in [6, 6.07) is 23.1. The van der Waals surface area contributed by atoms with Crippen LogP contribution in [0.25, 0.3) is 0 Å². The third kappa shape index (κ3) is 22.4. The van der Waals surface area contributed by atoms with Gasteiger partial charge in [0.1, 0.15) is 0 Å². The highest BCUT2D eigenvalue weighted by Gasteiger charge is 2.47. The van der Waals surface area contributed by atoms with Gasteiger partial charge in [-0.25, -0.2) is 9.59 Å². The topological polar surface area (TPSA) is 338 Å². The molecule has 136 heavy (non-hydrogen) atoms. The van der Waals surface area contributed by atoms with E-state index in [0.29, 0.717) is 13.1 Å². The van der Waals surface area contributed by atoms with Crippen molar-refractivity contribution >= 4 is 41.9 Å². The number of aromatic nitrogens is 8. The maximum absolute atomic E-state index is 13.8. The van der Waals surface area contributed by atoms with Crippen molar-refractivity contribution in [3.05, 3.63) is 375 Å². The molecule has 0 saturated carbocycles. The molecule has 4 aromatic heterocycles. The van der Waals surface area contributed by atoms with Crippen molar-refractivity contribution in [1.29, 1.82) is 0 Å². The molecular weight excluding hydrogens is 1730 g/mol. The standard InChI is InChI=1S/C28H31N3O5.C28H31N3O4.C27H29N3O5.C23H23N3O3.CH4/c1-18(2)17-35-28(34)36-26-23(32)15-29-31-22(16-30(19(3)4)27(33)25(26)31)24(20-11-7-5-8-12-20)21-13-9-6-10-14-21;1-17(2)28(34)35-26-23(32)15-29-31-22(16-30(18(3)4)27(33)25(26)31)24(20-9-7-6-8-10-20)21-13-11-19(5)12-14-21;1-17(2)29-16-21(23(19-11-7-5-8-12-19)20-13-9-6-10-14-20)30-24(26(29)32)25(22(31)15-28-30)35-27(33)34-18(3)4;1-15(2)25-14-18(26-21(23(25)29)22(28)19(27)13-24-26)20(16-9-5-3-6-10-16)17-11-7-4-8-12-17;/h5-15,18-19,22,24H,16-17H2,1-4H3;6-15,17-18,22,24H,16H2,1-5H3;5-15,17-18,21,23H,16H2,1-4H3;3-13,15,18,20,28H,14H2,1-2H3;1H4/t;22-,24?;;18-;/m.1.1./s1/i;6D,7D,8D,9D,10D,11D,12D,13D,14D;;3D,4D,5D,6D,7D,8D,9D,10D,11D,12D;. The lowest BCUT2D eigenvalue weighted by Crippen LogP contribution is -2.50. The average molecular weight is 1860 g/mol. The fourth-order valence-electron chi connectivity index (χ4n) is 16.3. The Hall–Kier alpha value is -15.0. The number of nitrogens with zero attached hydrogens (tertiary/aromatic N) is 12. The Morgan fingerprint density at radius 1 is 0.360 bits per heavy atom. The van der Waals surface area contributed by atoms with Crippen LogP contribution in [0.5, 0.6) is 23.0 Å². The van der Waals surface area contributed by atoms with Crippen molar-refractivity contribution in [2.75, 3.05) is 32.8 Å². The third-order valence-electron chi connectivity index (χ3n) is 22.7. The molecule has 3 unspecified atom stereocenters. The van der Waals surface area contributed by atoms with Crippen LogP contribution >= 0.6 is 0 Å². The fourth-order valence-corrected chi connectivity index (χ4v) is 16.3. The van der Waals surface area contributed by atoms with Crippen molar-refractivity contribution < 1.29 is 88.4 Å². The quantitative estimate of drug-likeness (QED) is 0.0581. The van der Waals surface area contributed by atoms with Gasteiger partial charge in [-0.3, -0.25) is 61.9 Å². The molecule has 4 amide bonds. The van der Waals surface area contributed by atoms with Crippen LogP contribution < -0.4 is 35.9 Å². The Morgan fingerprint density at radius 3 is 0.926 bits per heavy atom. The molecule has 12 aromatic rings. The van der Waals surface area contributed by atoms with E-state index in [2.05, 4.69) is 20.4 Å². The molecule has 0 radical (unpaired) electrons. The zero-order chi connectivity index (χ0) is 113. The average Bonchev–Trinajstić information content (AvgIpc) is 0.724. The molecule has 29 nitrogen and oxygen atoms in total. The number of esters is 1. The molecular formula is C107H118N12O17. The number of aromatic hydroxyl groups is 1. The number of fused-ring (bicyclic) bond motifs is 4. The molecule has 1 N–H and O–H groups in total. The highest BCUT2D eigenvalue weighted by molar-refractivity contribution is 5.99. The first-order chi connectivity index (χ1) is 72.6. The molecule has 8 heterocycles. The van der Waals surface area contributed by atoms with Crippen molar-refractivity contribution in [1.82, 2.24) is 58.7 Å². The summed E-state index contributed by atoms with van der Waals surface area (Å²) in [6.45, 7) is 26.3. The number of benzene rings is 8. The summed E-state index contributed by atoms with van der Waals surface area (Å²) in [7, 11) is 0. The summed E-state index contributed by atoms with van der Waals surface area (Å²) < 4.78 is 192. The number of ether oxygens (including phenoxy) is 5. The number of rotatable bonds is 23. The first kappa shape index (κ1) is 76.4. The van der Waals surface area contributed by atoms with Crippen LogP contribution in [0.3, 0.4) is 0 Å². The second-order valence-corrected chi connectivity index (χ2v) is 34.4. The Kier molecular flexibility index (Phi) is 25.1. The van der Waals surface area contributed by atoms with Gasteiger partial charge in [-0.1, -0.05) is 277 Å². The van der Waals surface area contributed by atoms with Gasteiger partial charge in [-0.2, -0.15) is 20.4 Å². The maximum Gasteiger partial charge on any atom is 0.514 e. The highest BCUT2D eigenvalue weighted by Crippen LogP contribution is 2.46. The van der Waals surface area contributed by atoms with Gasteiger partial charge < -0.3 is 48.4 Å². The molecule has 4 aliphatic rings. The zero-order valence-electron chi connectivity index (χ0n) is 95.9. The molecule has 0 fully saturated rings. The van der Waals surface area contributed by atoms with E-state index in [1.807, 2.05) is 163 Å². The number of carbonyl (C=O) groups is 7. The van der Waals surface area contributed by atoms with Crippen molar-refractivity contribution in [2.45, 2.75) is 189 Å². The minimum Gasteiger partial charge on any atom is -0.502 e. The SMILES string of the molecule is C.CC(C)COC(=O)Oc1c2n(ncc1=O)C(C(c1ccccc1)c1ccccc1)CN(C(C)C)C2=O.CC(C)OC(=O)Oc1c2n(ncc1=O)C(C(c1ccccc1)c1ccccc1)CN(C(C)C)C2=O.[2H]c1c([2H])c([2H])c(C(c2c([2H])c([2H])c(C)c([2H])c2[2H])[C@H]2CN(C(C)C)C(=O)c3c(OC(=O)C(C)C)c(=O)cnn32)c([2H])c1[2H].[2H]c1c([2H])c([2H])c(C(c2c([2H])c([2H])c([2H])c([2H])c2[2H])[C@H]2CN(C(C)C)C(=O)c3c(O)c(=O)cnn32)c([2H])c1[2H]. The number of amides is 4. The van der Waals surface area contributed by atoms with E-state index in [0.717, 1.165) is 56.4 Å². The molecule has 4 aliphatic heterocycles. The van der Waals surface area contributed by atoms with Crippen LogP contribution in [0.15, 0.2) is 280 Å². The molecule has 8 aromatic carbocycles. The Morgan fingerprint density at radius 2 is 0.632 bits per heavy atom. The van der Waals surface area contributed by atoms with Crippen molar-refractivity contribution in [2.24, 2.45) is 11.8 Å². The van der Waals surface area contributed by atoms with Gasteiger partial charge in [0.2, 0.25) is 39.0 Å². The van der Waals surface area contributed by atoms with Gasteiger partial charge in [0.25, 0.3) is 23.6 Å². The second-order valence-electron chi connectivity index (χ2n) is 34.4. The van der Waals surface area contributed by atoms with Crippen LogP contribution in [0.2, 0.25) is 0 Å². The predicted octanol–water partition coefficient (Wildman–Crippen LogP) is 17.2. The Labute approximate surface area is 817 Å². The Balaban J connectivity index is 0.000000183. The Bertz CT molecular complexity index is 7370. The molecule has 0 aliphatic carbocycles. The highest BCUT2D eigenvalue weighted by atomic mass is 16.7. The predicted molar refractivity (Wildman–Crippen MR) is 516 cm³/mol. The summed E-state index contributed by atoms with van der Waals surface area (Å²) in [5.74, 6) is -9.43. The maximum atomic E-state index is 13.8. The van der Waals surface area contributed by atoms with E-state index in [1.54, 1.807) is 56.0 Å². The lowest BCUT2D eigenvalue weighted by Gasteiger charge is -2.41. The minimum absolute atomic E-state index is 0. The van der Waals surface area contributed by atoms with Crippen LogP contribution in [-0.4, -0.2) is 169 Å². The molecule has 0 spiro atoms. The molecule has 16 rings (SSSR count). The summed E-state index contributed by atoms with van der Waals surface area (Å²) in [5, 5.41) is 27.5. The van der Waals surface area contributed by atoms with Gasteiger partial charge in [-0.05, 0) is 127 Å². The smallest absolute Gasteiger partial charge is 0.502 e. The molecule has 0 saturated heterocycles. The zero-order valence-corrected chi connectivity index (χ0v) is 76.9. The van der Waals surface area contributed by atoms with Crippen LogP contribution in [-0.2, 0) is 14.3 Å². The van der Waals surface area contributed by atoms with Crippen LogP contribution in [0.1, 0.15) is 270 Å². The van der Waals surface area contributed by atoms with Gasteiger partial charge in [0.05, 0.1) is 93.6 Å². The summed E-state index contributed by atoms with van der Waals surface area (Å²) >= 11 is 0. The number of carbonyl (C=O) groups excluding carboxylic acids is 7. The van der Waals surface area contributed by atoms with Gasteiger partial charge in [0.15, 0.2) is 28.5 Å². The van der Waals surface area contributed by atoms with Gasteiger partial charge in [0, 0.05) is 74.0 Å². The summed E-state index contributed by atoms with van der Waals surface area (Å²) in [6.07, 6.45) is 1.22.